The predicted octanol–water partition coefficient (Wildman–Crippen LogP) is 1.28. The third kappa shape index (κ3) is 2.41. The normalized spacial score (nSPS) is 16.7. The lowest BCUT2D eigenvalue weighted by molar-refractivity contribution is -0.146. The van der Waals surface area contributed by atoms with E-state index in [9.17, 15) is 9.59 Å². The number of hydrogen-bond donors (Lipinski definition) is 3. The minimum absolute atomic E-state index is 0.232. The van der Waals surface area contributed by atoms with Gasteiger partial charge < -0.3 is 16.2 Å². The molecule has 0 atom stereocenters. The molecule has 1 aromatic carbocycles. The van der Waals surface area contributed by atoms with Gasteiger partial charge >= 0.3 is 5.97 Å². The van der Waals surface area contributed by atoms with E-state index < -0.39 is 16.9 Å². The van der Waals surface area contributed by atoms with Crippen LogP contribution in [0.4, 0.5) is 5.69 Å². The summed E-state index contributed by atoms with van der Waals surface area (Å²) >= 11 is 0. The fourth-order valence-electron chi connectivity index (χ4n) is 2.03. The van der Waals surface area contributed by atoms with Gasteiger partial charge in [0.25, 0.3) is 0 Å². The first kappa shape index (κ1) is 13.4. The van der Waals surface area contributed by atoms with Gasteiger partial charge in [-0.2, -0.15) is 0 Å². The summed E-state index contributed by atoms with van der Waals surface area (Å²) in [4.78, 5) is 23.4. The molecule has 1 aliphatic rings. The molecule has 0 aromatic heterocycles. The van der Waals surface area contributed by atoms with E-state index in [0.29, 0.717) is 5.69 Å². The standard InChI is InChI=1S/C14H18N2O3/c1-13(2,12(18)19)16-11(17)14(7-8-14)9-3-5-10(15)6-4-9/h3-6H,7-8,15H2,1-2H3,(H,16,17)(H,18,19). The van der Waals surface area contributed by atoms with Crippen LogP contribution < -0.4 is 11.1 Å². The molecule has 0 heterocycles. The minimum atomic E-state index is -1.26. The Labute approximate surface area is 111 Å². The number of nitrogens with one attached hydrogen (secondary N) is 1. The van der Waals surface area contributed by atoms with Crippen LogP contribution in [0.1, 0.15) is 32.3 Å². The monoisotopic (exact) mass is 262 g/mol. The van der Waals surface area contributed by atoms with Crippen molar-refractivity contribution in [2.45, 2.75) is 37.6 Å². The summed E-state index contributed by atoms with van der Waals surface area (Å²) in [5.41, 5.74) is 5.32. The fraction of sp³-hybridized carbons (Fsp3) is 0.429. The second-order valence-corrected chi connectivity index (χ2v) is 5.59. The van der Waals surface area contributed by atoms with Crippen LogP contribution in [0.2, 0.25) is 0 Å². The Bertz CT molecular complexity index is 516. The fourth-order valence-corrected chi connectivity index (χ4v) is 2.03. The van der Waals surface area contributed by atoms with E-state index in [0.717, 1.165) is 18.4 Å². The Morgan fingerprint density at radius 2 is 1.79 bits per heavy atom. The number of aliphatic carboxylic acids is 1. The Kier molecular flexibility index (Phi) is 3.00. The van der Waals surface area contributed by atoms with Crippen LogP contribution in [0, 0.1) is 0 Å². The largest absolute Gasteiger partial charge is 0.480 e. The lowest BCUT2D eigenvalue weighted by Gasteiger charge is -2.25. The number of rotatable bonds is 4. The third-order valence-corrected chi connectivity index (χ3v) is 3.61. The summed E-state index contributed by atoms with van der Waals surface area (Å²) in [6, 6.07) is 7.17. The van der Waals surface area contributed by atoms with Crippen molar-refractivity contribution in [3.63, 3.8) is 0 Å². The molecule has 1 aromatic rings. The van der Waals surface area contributed by atoms with Crippen LogP contribution in [0.5, 0.6) is 0 Å². The molecule has 1 amide bonds. The average Bonchev–Trinajstić information content (AvgIpc) is 3.10. The zero-order chi connectivity index (χ0) is 14.3. The number of nitrogen functional groups attached to an aromatic ring is 1. The third-order valence-electron chi connectivity index (χ3n) is 3.61. The highest BCUT2D eigenvalue weighted by Crippen LogP contribution is 2.48. The maximum Gasteiger partial charge on any atom is 0.328 e. The van der Waals surface area contributed by atoms with Gasteiger partial charge in [-0.1, -0.05) is 12.1 Å². The van der Waals surface area contributed by atoms with Crippen LogP contribution >= 0.6 is 0 Å². The van der Waals surface area contributed by atoms with Gasteiger partial charge in [0.15, 0.2) is 0 Å². The van der Waals surface area contributed by atoms with E-state index in [1.807, 2.05) is 12.1 Å². The SMILES string of the molecule is CC(C)(NC(=O)C1(c2ccc(N)cc2)CC1)C(=O)O. The van der Waals surface area contributed by atoms with Crippen LogP contribution in [0.3, 0.4) is 0 Å². The van der Waals surface area contributed by atoms with Gasteiger partial charge in [0, 0.05) is 5.69 Å². The molecule has 0 saturated heterocycles. The highest BCUT2D eigenvalue weighted by molar-refractivity contribution is 5.95. The van der Waals surface area contributed by atoms with E-state index in [1.165, 1.54) is 13.8 Å². The number of carboxylic acid groups (broad SMARTS) is 1. The van der Waals surface area contributed by atoms with Crippen molar-refractivity contribution in [1.82, 2.24) is 5.32 Å². The average molecular weight is 262 g/mol. The minimum Gasteiger partial charge on any atom is -0.480 e. The molecule has 2 rings (SSSR count). The van der Waals surface area contributed by atoms with Crippen molar-refractivity contribution < 1.29 is 14.7 Å². The van der Waals surface area contributed by atoms with E-state index in [1.54, 1.807) is 12.1 Å². The number of benzene rings is 1. The summed E-state index contributed by atoms with van der Waals surface area (Å²) in [5, 5.41) is 11.7. The molecule has 0 unspecified atom stereocenters. The van der Waals surface area contributed by atoms with Crippen LogP contribution in [0.25, 0.3) is 0 Å². The quantitative estimate of drug-likeness (QED) is 0.713. The second-order valence-electron chi connectivity index (χ2n) is 5.59. The molecule has 5 heteroatoms. The number of carboxylic acids is 1. The maximum absolute atomic E-state index is 12.3. The van der Waals surface area contributed by atoms with Crippen LogP contribution in [-0.4, -0.2) is 22.5 Å². The van der Waals surface area contributed by atoms with Crippen molar-refractivity contribution in [2.24, 2.45) is 0 Å². The molecular formula is C14H18N2O3. The zero-order valence-corrected chi connectivity index (χ0v) is 11.1. The first-order valence-corrected chi connectivity index (χ1v) is 6.20. The van der Waals surface area contributed by atoms with Crippen LogP contribution in [0.15, 0.2) is 24.3 Å². The molecule has 1 aliphatic carbocycles. The van der Waals surface area contributed by atoms with Gasteiger partial charge in [-0.25, -0.2) is 4.79 Å². The van der Waals surface area contributed by atoms with Gasteiger partial charge in [0.1, 0.15) is 5.54 Å². The number of anilines is 1. The molecule has 5 nitrogen and oxygen atoms in total. The van der Waals surface area contributed by atoms with Gasteiger partial charge in [0.2, 0.25) is 5.91 Å². The second kappa shape index (κ2) is 4.26. The Balaban J connectivity index is 2.19. The highest BCUT2D eigenvalue weighted by Gasteiger charge is 2.52. The molecule has 0 bridgehead atoms. The first-order valence-electron chi connectivity index (χ1n) is 6.20. The lowest BCUT2D eigenvalue weighted by Crippen LogP contribution is -2.52. The molecule has 19 heavy (non-hydrogen) atoms. The van der Waals surface area contributed by atoms with Crippen molar-refractivity contribution in [2.75, 3.05) is 5.73 Å². The van der Waals surface area contributed by atoms with E-state index in [4.69, 9.17) is 10.8 Å². The predicted molar refractivity (Wildman–Crippen MR) is 71.6 cm³/mol. The number of hydrogen-bond acceptors (Lipinski definition) is 3. The molecule has 0 aliphatic heterocycles. The van der Waals surface area contributed by atoms with Crippen molar-refractivity contribution in [3.8, 4) is 0 Å². The Morgan fingerprint density at radius 3 is 2.21 bits per heavy atom. The molecule has 1 fully saturated rings. The Hall–Kier alpha value is -2.04. The number of carbonyl (C=O) groups excluding carboxylic acids is 1. The topological polar surface area (TPSA) is 92.4 Å². The molecule has 102 valence electrons. The summed E-state index contributed by atoms with van der Waals surface area (Å²) < 4.78 is 0. The van der Waals surface area contributed by atoms with Gasteiger partial charge in [0.05, 0.1) is 5.41 Å². The van der Waals surface area contributed by atoms with Gasteiger partial charge in [-0.05, 0) is 44.4 Å². The van der Waals surface area contributed by atoms with E-state index >= 15 is 0 Å². The molecule has 0 radical (unpaired) electrons. The molecular weight excluding hydrogens is 244 g/mol. The molecule has 1 saturated carbocycles. The Morgan fingerprint density at radius 1 is 1.26 bits per heavy atom. The number of nitrogens with two attached hydrogens (primary N) is 1. The van der Waals surface area contributed by atoms with Gasteiger partial charge in [-0.3, -0.25) is 4.79 Å². The van der Waals surface area contributed by atoms with Crippen molar-refractivity contribution in [1.29, 1.82) is 0 Å². The van der Waals surface area contributed by atoms with E-state index in [2.05, 4.69) is 5.32 Å². The summed E-state index contributed by atoms with van der Waals surface area (Å²) in [7, 11) is 0. The zero-order valence-electron chi connectivity index (χ0n) is 11.1. The smallest absolute Gasteiger partial charge is 0.328 e. The summed E-state index contributed by atoms with van der Waals surface area (Å²) in [6.07, 6.45) is 1.47. The molecule has 4 N–H and O–H groups in total. The number of carbonyl (C=O) groups is 2. The first-order chi connectivity index (χ1) is 8.78. The summed E-state index contributed by atoms with van der Waals surface area (Å²) in [6.45, 7) is 2.96. The maximum atomic E-state index is 12.3. The summed E-state index contributed by atoms with van der Waals surface area (Å²) in [5.74, 6) is -1.28. The lowest BCUT2D eigenvalue weighted by atomic mass is 9.93. The van der Waals surface area contributed by atoms with Gasteiger partial charge in [-0.15, -0.1) is 0 Å². The molecule has 0 spiro atoms. The highest BCUT2D eigenvalue weighted by atomic mass is 16.4. The number of amides is 1. The van der Waals surface area contributed by atoms with Crippen molar-refractivity contribution in [3.05, 3.63) is 29.8 Å². The van der Waals surface area contributed by atoms with Crippen molar-refractivity contribution >= 4 is 17.6 Å². The van der Waals surface area contributed by atoms with Crippen LogP contribution in [-0.2, 0) is 15.0 Å². The van der Waals surface area contributed by atoms with E-state index in [-0.39, 0.29) is 5.91 Å².